The molecular formula is C5H9F2NO. The summed E-state index contributed by atoms with van der Waals surface area (Å²) in [5.74, 6) is 0. The molecule has 1 aliphatic heterocycles. The summed E-state index contributed by atoms with van der Waals surface area (Å²) in [6.45, 7) is 0.437. The van der Waals surface area contributed by atoms with Crippen LogP contribution in [-0.2, 0) is 4.74 Å². The fraction of sp³-hybridized carbons (Fsp3) is 1.00. The molecule has 4 heteroatoms. The zero-order valence-electron chi connectivity index (χ0n) is 5.23. The molecule has 0 aromatic rings. The number of nitrogens with zero attached hydrogens (tertiary/aromatic N) is 1. The Morgan fingerprint density at radius 2 is 2.22 bits per heavy atom. The Hall–Kier alpha value is -0.220. The predicted molar refractivity (Wildman–Crippen MR) is 28.4 cm³/mol. The van der Waals surface area contributed by atoms with Crippen molar-refractivity contribution in [2.24, 2.45) is 0 Å². The lowest BCUT2D eigenvalue weighted by molar-refractivity contribution is -0.267. The van der Waals surface area contributed by atoms with E-state index in [0.717, 1.165) is 0 Å². The fourth-order valence-electron chi connectivity index (χ4n) is 0.790. The zero-order chi connectivity index (χ0) is 6.91. The number of rotatable bonds is 0. The van der Waals surface area contributed by atoms with Crippen molar-refractivity contribution in [3.63, 3.8) is 0 Å². The third-order valence-corrected chi connectivity index (χ3v) is 1.24. The fourth-order valence-corrected chi connectivity index (χ4v) is 0.790. The molecule has 1 rings (SSSR count). The van der Waals surface area contributed by atoms with Crippen molar-refractivity contribution in [1.29, 1.82) is 0 Å². The number of likely N-dealkylation sites (N-methyl/N-ethyl adjacent to an activating group) is 1. The molecule has 0 saturated carbocycles. The molecular weight excluding hydrogens is 128 g/mol. The van der Waals surface area contributed by atoms with E-state index in [2.05, 4.69) is 4.74 Å². The lowest BCUT2D eigenvalue weighted by Crippen LogP contribution is -2.44. The second-order valence-electron chi connectivity index (χ2n) is 2.22. The van der Waals surface area contributed by atoms with E-state index < -0.39 is 6.11 Å². The molecule has 0 bridgehead atoms. The Kier molecular flexibility index (Phi) is 1.68. The molecule has 0 aliphatic carbocycles. The van der Waals surface area contributed by atoms with E-state index in [4.69, 9.17) is 0 Å². The van der Waals surface area contributed by atoms with Gasteiger partial charge in [-0.15, -0.1) is 0 Å². The van der Waals surface area contributed by atoms with Gasteiger partial charge in [-0.3, -0.25) is 4.90 Å². The van der Waals surface area contributed by atoms with Gasteiger partial charge in [-0.2, -0.15) is 8.78 Å². The molecule has 0 atom stereocenters. The second kappa shape index (κ2) is 2.19. The van der Waals surface area contributed by atoms with Crippen LogP contribution in [0.4, 0.5) is 8.78 Å². The van der Waals surface area contributed by atoms with Crippen LogP contribution in [-0.4, -0.2) is 37.8 Å². The summed E-state index contributed by atoms with van der Waals surface area (Å²) >= 11 is 0. The first-order chi connectivity index (χ1) is 4.10. The highest BCUT2D eigenvalue weighted by Gasteiger charge is 2.34. The van der Waals surface area contributed by atoms with Gasteiger partial charge < -0.3 is 4.74 Å². The van der Waals surface area contributed by atoms with Crippen LogP contribution < -0.4 is 0 Å². The van der Waals surface area contributed by atoms with Crippen LogP contribution in [0.15, 0.2) is 0 Å². The van der Waals surface area contributed by atoms with E-state index in [0.29, 0.717) is 6.54 Å². The van der Waals surface area contributed by atoms with Gasteiger partial charge in [0.2, 0.25) is 0 Å². The van der Waals surface area contributed by atoms with Crippen LogP contribution in [0.3, 0.4) is 0 Å². The van der Waals surface area contributed by atoms with Crippen molar-refractivity contribution in [3.05, 3.63) is 0 Å². The van der Waals surface area contributed by atoms with Crippen LogP contribution >= 0.6 is 0 Å². The standard InChI is InChI=1S/C5H9F2NO/c1-8-2-3-9-5(6,7)4-8/h2-4H2,1H3. The molecule has 0 aromatic heterocycles. The minimum absolute atomic E-state index is 0.128. The van der Waals surface area contributed by atoms with Crippen LogP contribution in [0.25, 0.3) is 0 Å². The molecule has 0 radical (unpaired) electrons. The van der Waals surface area contributed by atoms with E-state index in [1.807, 2.05) is 0 Å². The first kappa shape index (κ1) is 6.89. The summed E-state index contributed by atoms with van der Waals surface area (Å²) in [5.41, 5.74) is 0. The van der Waals surface area contributed by atoms with E-state index in [1.165, 1.54) is 0 Å². The largest absolute Gasteiger partial charge is 0.368 e. The molecule has 0 spiro atoms. The summed E-state index contributed by atoms with van der Waals surface area (Å²) in [7, 11) is 1.65. The van der Waals surface area contributed by atoms with Gasteiger partial charge in [0, 0.05) is 6.54 Å². The molecule has 0 amide bonds. The Bertz CT molecular complexity index is 107. The minimum atomic E-state index is -2.92. The van der Waals surface area contributed by atoms with Crippen molar-refractivity contribution >= 4 is 0 Å². The number of morpholine rings is 1. The summed E-state index contributed by atoms with van der Waals surface area (Å²) < 4.78 is 28.5. The summed E-state index contributed by atoms with van der Waals surface area (Å²) in [4.78, 5) is 1.55. The van der Waals surface area contributed by atoms with E-state index in [1.54, 1.807) is 11.9 Å². The van der Waals surface area contributed by atoms with E-state index in [9.17, 15) is 8.78 Å². The van der Waals surface area contributed by atoms with Gasteiger partial charge in [0.1, 0.15) is 0 Å². The maximum absolute atomic E-state index is 12.2. The van der Waals surface area contributed by atoms with E-state index >= 15 is 0 Å². The number of ether oxygens (including phenoxy) is 1. The SMILES string of the molecule is CN1CCOC(F)(F)C1. The minimum Gasteiger partial charge on any atom is -0.318 e. The number of hydrogen-bond acceptors (Lipinski definition) is 2. The van der Waals surface area contributed by atoms with Crippen LogP contribution in [0, 0.1) is 0 Å². The zero-order valence-corrected chi connectivity index (χ0v) is 5.23. The van der Waals surface area contributed by atoms with E-state index in [-0.39, 0.29) is 13.2 Å². The molecule has 2 nitrogen and oxygen atoms in total. The highest BCUT2D eigenvalue weighted by Crippen LogP contribution is 2.19. The quantitative estimate of drug-likeness (QED) is 0.483. The first-order valence-corrected chi connectivity index (χ1v) is 2.80. The number of hydrogen-bond donors (Lipinski definition) is 0. The summed E-state index contributed by atoms with van der Waals surface area (Å²) in [5, 5.41) is 0. The van der Waals surface area contributed by atoms with Gasteiger partial charge in [-0.05, 0) is 7.05 Å². The normalized spacial score (nSPS) is 28.3. The van der Waals surface area contributed by atoms with Crippen LogP contribution in [0.1, 0.15) is 0 Å². The second-order valence-corrected chi connectivity index (χ2v) is 2.22. The van der Waals surface area contributed by atoms with Crippen LogP contribution in [0.5, 0.6) is 0 Å². The Morgan fingerprint density at radius 1 is 1.56 bits per heavy atom. The topological polar surface area (TPSA) is 12.5 Å². The molecule has 1 aliphatic rings. The molecule has 0 unspecified atom stereocenters. The molecule has 1 heterocycles. The van der Waals surface area contributed by atoms with Crippen molar-refractivity contribution in [3.8, 4) is 0 Å². The number of alkyl halides is 2. The lowest BCUT2D eigenvalue weighted by Gasteiger charge is -2.28. The third-order valence-electron chi connectivity index (χ3n) is 1.24. The molecule has 54 valence electrons. The van der Waals surface area contributed by atoms with Crippen molar-refractivity contribution in [2.75, 3.05) is 26.7 Å². The molecule has 1 fully saturated rings. The summed E-state index contributed by atoms with van der Waals surface area (Å²) in [6.07, 6.45) is -2.92. The maximum atomic E-state index is 12.2. The Labute approximate surface area is 52.4 Å². The first-order valence-electron chi connectivity index (χ1n) is 2.80. The Morgan fingerprint density at radius 3 is 2.56 bits per heavy atom. The molecule has 1 saturated heterocycles. The molecule has 9 heavy (non-hydrogen) atoms. The average molecular weight is 137 g/mol. The van der Waals surface area contributed by atoms with Gasteiger partial charge in [-0.1, -0.05) is 0 Å². The summed E-state index contributed by atoms with van der Waals surface area (Å²) in [6, 6.07) is 0. The third kappa shape index (κ3) is 1.87. The van der Waals surface area contributed by atoms with Gasteiger partial charge in [0.05, 0.1) is 13.2 Å². The van der Waals surface area contributed by atoms with Crippen molar-refractivity contribution in [2.45, 2.75) is 6.11 Å². The monoisotopic (exact) mass is 137 g/mol. The van der Waals surface area contributed by atoms with Gasteiger partial charge >= 0.3 is 6.11 Å². The van der Waals surface area contributed by atoms with Gasteiger partial charge in [-0.25, -0.2) is 0 Å². The Balaban J connectivity index is 2.41. The van der Waals surface area contributed by atoms with Crippen molar-refractivity contribution < 1.29 is 13.5 Å². The van der Waals surface area contributed by atoms with Crippen molar-refractivity contribution in [1.82, 2.24) is 4.90 Å². The average Bonchev–Trinajstić information content (AvgIpc) is 1.60. The highest BCUT2D eigenvalue weighted by atomic mass is 19.3. The maximum Gasteiger partial charge on any atom is 0.368 e. The molecule has 0 N–H and O–H groups in total. The number of halogens is 2. The van der Waals surface area contributed by atoms with Crippen LogP contribution in [0.2, 0.25) is 0 Å². The predicted octanol–water partition coefficient (Wildman–Crippen LogP) is 0.541. The van der Waals surface area contributed by atoms with Gasteiger partial charge in [0.25, 0.3) is 0 Å². The lowest BCUT2D eigenvalue weighted by atomic mass is 10.4. The van der Waals surface area contributed by atoms with Gasteiger partial charge in [0.15, 0.2) is 0 Å². The highest BCUT2D eigenvalue weighted by molar-refractivity contribution is 4.65. The molecule has 0 aromatic carbocycles. The smallest absolute Gasteiger partial charge is 0.318 e.